The average Bonchev–Trinajstić information content (AvgIpc) is 2.42. The van der Waals surface area contributed by atoms with Gasteiger partial charge < -0.3 is 10.6 Å². The number of hydrogen-bond donors (Lipinski definition) is 1. The van der Waals surface area contributed by atoms with E-state index in [0.717, 1.165) is 18.5 Å². The topological polar surface area (TPSA) is 46.3 Å². The van der Waals surface area contributed by atoms with Crippen molar-refractivity contribution in [2.75, 3.05) is 11.4 Å². The molecule has 15 heavy (non-hydrogen) atoms. The fourth-order valence-electron chi connectivity index (χ4n) is 1.94. The highest BCUT2D eigenvalue weighted by Crippen LogP contribution is 2.19. The van der Waals surface area contributed by atoms with Gasteiger partial charge in [0.15, 0.2) is 0 Å². The Morgan fingerprint density at radius 2 is 2.00 bits per heavy atom. The van der Waals surface area contributed by atoms with Gasteiger partial charge in [-0.1, -0.05) is 18.2 Å². The van der Waals surface area contributed by atoms with Crippen molar-refractivity contribution in [3.63, 3.8) is 0 Å². The van der Waals surface area contributed by atoms with Gasteiger partial charge in [0.1, 0.15) is 0 Å². The first kappa shape index (κ1) is 10.2. The van der Waals surface area contributed by atoms with Crippen LogP contribution in [0.15, 0.2) is 30.3 Å². The molecule has 0 aromatic heterocycles. The van der Waals surface area contributed by atoms with E-state index in [0.29, 0.717) is 13.0 Å². The second kappa shape index (κ2) is 4.45. The van der Waals surface area contributed by atoms with Crippen molar-refractivity contribution in [1.82, 2.24) is 0 Å². The predicted molar refractivity (Wildman–Crippen MR) is 60.6 cm³/mol. The Morgan fingerprint density at radius 3 is 2.73 bits per heavy atom. The van der Waals surface area contributed by atoms with Crippen LogP contribution in [0.5, 0.6) is 0 Å². The fraction of sp³-hybridized carbons (Fsp3) is 0.417. The van der Waals surface area contributed by atoms with E-state index in [4.69, 9.17) is 5.73 Å². The van der Waals surface area contributed by atoms with Gasteiger partial charge in [-0.15, -0.1) is 0 Å². The van der Waals surface area contributed by atoms with Crippen molar-refractivity contribution in [3.05, 3.63) is 30.3 Å². The standard InChI is InChI=1S/C12H16N2O/c13-10-5-4-8-12(15)14(9-10)11-6-2-1-3-7-11/h1-3,6-7,10H,4-5,8-9,13H2. The predicted octanol–water partition coefficient (Wildman–Crippen LogP) is 1.53. The molecule has 0 bridgehead atoms. The van der Waals surface area contributed by atoms with Crippen molar-refractivity contribution in [2.45, 2.75) is 25.3 Å². The van der Waals surface area contributed by atoms with E-state index >= 15 is 0 Å². The number of rotatable bonds is 1. The van der Waals surface area contributed by atoms with Crippen LogP contribution in [0.3, 0.4) is 0 Å². The number of benzene rings is 1. The lowest BCUT2D eigenvalue weighted by Gasteiger charge is -2.22. The maximum absolute atomic E-state index is 11.8. The van der Waals surface area contributed by atoms with E-state index < -0.39 is 0 Å². The Balaban J connectivity index is 2.22. The van der Waals surface area contributed by atoms with Crippen LogP contribution in [0.25, 0.3) is 0 Å². The van der Waals surface area contributed by atoms with Crippen LogP contribution in [0.1, 0.15) is 19.3 Å². The molecule has 0 aliphatic carbocycles. The third-order valence-corrected chi connectivity index (χ3v) is 2.75. The smallest absolute Gasteiger partial charge is 0.227 e. The quantitative estimate of drug-likeness (QED) is 0.754. The van der Waals surface area contributed by atoms with Crippen molar-refractivity contribution in [3.8, 4) is 0 Å². The third-order valence-electron chi connectivity index (χ3n) is 2.75. The summed E-state index contributed by atoms with van der Waals surface area (Å²) in [5.41, 5.74) is 6.89. The molecule has 1 aliphatic heterocycles. The molecule has 3 heteroatoms. The third kappa shape index (κ3) is 2.36. The van der Waals surface area contributed by atoms with Crippen molar-refractivity contribution in [2.24, 2.45) is 5.73 Å². The SMILES string of the molecule is NC1CCCC(=O)N(c2ccccc2)C1. The van der Waals surface area contributed by atoms with Gasteiger partial charge >= 0.3 is 0 Å². The Kier molecular flexibility index (Phi) is 3.02. The van der Waals surface area contributed by atoms with Crippen LogP contribution in [0, 0.1) is 0 Å². The molecule has 1 unspecified atom stereocenters. The highest BCUT2D eigenvalue weighted by atomic mass is 16.2. The zero-order valence-corrected chi connectivity index (χ0v) is 8.73. The van der Waals surface area contributed by atoms with Crippen LogP contribution >= 0.6 is 0 Å². The minimum atomic E-state index is 0.108. The van der Waals surface area contributed by atoms with E-state index in [-0.39, 0.29) is 11.9 Å². The molecule has 1 aromatic rings. The second-order valence-corrected chi connectivity index (χ2v) is 3.99. The number of amides is 1. The van der Waals surface area contributed by atoms with Crippen LogP contribution in [-0.4, -0.2) is 18.5 Å². The minimum absolute atomic E-state index is 0.108. The highest BCUT2D eigenvalue weighted by Gasteiger charge is 2.21. The zero-order chi connectivity index (χ0) is 10.7. The summed E-state index contributed by atoms with van der Waals surface area (Å²) in [5, 5.41) is 0. The Hall–Kier alpha value is -1.35. The van der Waals surface area contributed by atoms with E-state index in [1.165, 1.54) is 0 Å². The number of anilines is 1. The number of nitrogens with zero attached hydrogens (tertiary/aromatic N) is 1. The number of para-hydroxylation sites is 1. The van der Waals surface area contributed by atoms with Gasteiger partial charge in [0, 0.05) is 24.7 Å². The Morgan fingerprint density at radius 1 is 1.27 bits per heavy atom. The Bertz CT molecular complexity index is 337. The van der Waals surface area contributed by atoms with E-state index in [1.54, 1.807) is 4.90 Å². The maximum atomic E-state index is 11.8. The van der Waals surface area contributed by atoms with Gasteiger partial charge in [-0.05, 0) is 25.0 Å². The summed E-state index contributed by atoms with van der Waals surface area (Å²) in [7, 11) is 0. The van der Waals surface area contributed by atoms with Gasteiger partial charge in [-0.2, -0.15) is 0 Å². The number of carbonyl (C=O) groups is 1. The summed E-state index contributed by atoms with van der Waals surface area (Å²) in [6.07, 6.45) is 2.46. The molecule has 1 amide bonds. The lowest BCUT2D eigenvalue weighted by Crippen LogP contribution is -2.38. The molecule has 3 nitrogen and oxygen atoms in total. The number of hydrogen-bond acceptors (Lipinski definition) is 2. The summed E-state index contributed by atoms with van der Waals surface area (Å²) < 4.78 is 0. The molecule has 1 saturated heterocycles. The Labute approximate surface area is 89.9 Å². The summed E-state index contributed by atoms with van der Waals surface area (Å²) in [6, 6.07) is 9.85. The first-order chi connectivity index (χ1) is 7.27. The lowest BCUT2D eigenvalue weighted by molar-refractivity contribution is -0.118. The molecular weight excluding hydrogens is 188 g/mol. The summed E-state index contributed by atoms with van der Waals surface area (Å²) in [4.78, 5) is 13.6. The van der Waals surface area contributed by atoms with Crippen LogP contribution in [0.4, 0.5) is 5.69 Å². The first-order valence-electron chi connectivity index (χ1n) is 5.38. The minimum Gasteiger partial charge on any atom is -0.326 e. The van der Waals surface area contributed by atoms with Crippen molar-refractivity contribution < 1.29 is 4.79 Å². The molecule has 1 aromatic carbocycles. The van der Waals surface area contributed by atoms with Gasteiger partial charge in [0.25, 0.3) is 0 Å². The molecule has 1 aliphatic rings. The molecule has 1 fully saturated rings. The largest absolute Gasteiger partial charge is 0.326 e. The first-order valence-corrected chi connectivity index (χ1v) is 5.38. The molecule has 0 radical (unpaired) electrons. The second-order valence-electron chi connectivity index (χ2n) is 3.99. The van der Waals surface area contributed by atoms with Gasteiger partial charge in [0.2, 0.25) is 5.91 Å². The van der Waals surface area contributed by atoms with Crippen LogP contribution in [-0.2, 0) is 4.79 Å². The molecule has 0 saturated carbocycles. The van der Waals surface area contributed by atoms with Crippen LogP contribution in [0.2, 0.25) is 0 Å². The van der Waals surface area contributed by atoms with Gasteiger partial charge in [0.05, 0.1) is 0 Å². The number of nitrogens with two attached hydrogens (primary N) is 1. The normalized spacial score (nSPS) is 22.6. The molecule has 2 N–H and O–H groups in total. The van der Waals surface area contributed by atoms with E-state index in [2.05, 4.69) is 0 Å². The van der Waals surface area contributed by atoms with E-state index in [1.807, 2.05) is 30.3 Å². The lowest BCUT2D eigenvalue weighted by atomic mass is 10.1. The molecule has 2 rings (SSSR count). The summed E-state index contributed by atoms with van der Waals surface area (Å²) in [5.74, 6) is 0.189. The summed E-state index contributed by atoms with van der Waals surface area (Å²) >= 11 is 0. The van der Waals surface area contributed by atoms with Gasteiger partial charge in [-0.25, -0.2) is 0 Å². The summed E-state index contributed by atoms with van der Waals surface area (Å²) in [6.45, 7) is 0.642. The molecule has 80 valence electrons. The average molecular weight is 204 g/mol. The fourth-order valence-corrected chi connectivity index (χ4v) is 1.94. The van der Waals surface area contributed by atoms with E-state index in [9.17, 15) is 4.79 Å². The molecule has 1 heterocycles. The van der Waals surface area contributed by atoms with Crippen molar-refractivity contribution >= 4 is 11.6 Å². The molecule has 1 atom stereocenters. The monoisotopic (exact) mass is 204 g/mol. The number of carbonyl (C=O) groups excluding carboxylic acids is 1. The highest BCUT2D eigenvalue weighted by molar-refractivity contribution is 5.93. The maximum Gasteiger partial charge on any atom is 0.227 e. The molecular formula is C12H16N2O. The zero-order valence-electron chi connectivity index (χ0n) is 8.73. The molecule has 0 spiro atoms. The van der Waals surface area contributed by atoms with Crippen LogP contribution < -0.4 is 10.6 Å². The van der Waals surface area contributed by atoms with Gasteiger partial charge in [-0.3, -0.25) is 4.79 Å². The van der Waals surface area contributed by atoms with Crippen molar-refractivity contribution in [1.29, 1.82) is 0 Å².